The van der Waals surface area contributed by atoms with Gasteiger partial charge in [0.05, 0.1) is 24.7 Å². The number of benzene rings is 2. The fourth-order valence-corrected chi connectivity index (χ4v) is 2.59. The molecule has 108 valence electrons. The first-order chi connectivity index (χ1) is 10.1. The molecule has 3 aromatic rings. The average Bonchev–Trinajstić information content (AvgIpc) is 2.75. The van der Waals surface area contributed by atoms with Crippen molar-refractivity contribution in [2.45, 2.75) is 11.7 Å². The van der Waals surface area contributed by atoms with E-state index in [2.05, 4.69) is 22.3 Å². The molecule has 0 radical (unpaired) electrons. The SMILES string of the molecule is COc1c(F)cc(Cn2c(S)nc3ccccc32)cc1F. The molecule has 0 N–H and O–H groups in total. The maximum atomic E-state index is 13.7. The summed E-state index contributed by atoms with van der Waals surface area (Å²) < 4.78 is 34.0. The first-order valence-corrected chi connectivity index (χ1v) is 6.71. The molecule has 0 amide bonds. The first-order valence-electron chi connectivity index (χ1n) is 6.26. The van der Waals surface area contributed by atoms with Crippen LogP contribution in [0.4, 0.5) is 8.78 Å². The fourth-order valence-electron chi connectivity index (χ4n) is 2.30. The number of fused-ring (bicyclic) bond motifs is 1. The van der Waals surface area contributed by atoms with Crippen LogP contribution in [0.2, 0.25) is 0 Å². The summed E-state index contributed by atoms with van der Waals surface area (Å²) in [5, 5.41) is 0.493. The Kier molecular flexibility index (Phi) is 3.55. The van der Waals surface area contributed by atoms with Gasteiger partial charge in [-0.2, -0.15) is 0 Å². The second-order valence-corrected chi connectivity index (χ2v) is 4.98. The van der Waals surface area contributed by atoms with E-state index in [1.54, 1.807) is 4.57 Å². The lowest BCUT2D eigenvalue weighted by Crippen LogP contribution is -2.03. The number of hydrogen-bond donors (Lipinski definition) is 1. The van der Waals surface area contributed by atoms with Gasteiger partial charge in [0.15, 0.2) is 22.5 Å². The molecule has 3 nitrogen and oxygen atoms in total. The van der Waals surface area contributed by atoms with E-state index in [0.29, 0.717) is 10.7 Å². The van der Waals surface area contributed by atoms with Crippen LogP contribution in [0.1, 0.15) is 5.56 Å². The zero-order chi connectivity index (χ0) is 15.0. The van der Waals surface area contributed by atoms with Crippen molar-refractivity contribution in [1.82, 2.24) is 9.55 Å². The molecule has 21 heavy (non-hydrogen) atoms. The Bertz CT molecular complexity index is 794. The van der Waals surface area contributed by atoms with Gasteiger partial charge in [0.2, 0.25) is 0 Å². The van der Waals surface area contributed by atoms with E-state index in [1.165, 1.54) is 19.2 Å². The van der Waals surface area contributed by atoms with Crippen molar-refractivity contribution in [3.8, 4) is 5.75 Å². The number of halogens is 2. The normalized spacial score (nSPS) is 11.0. The molecule has 0 saturated carbocycles. The monoisotopic (exact) mass is 306 g/mol. The molecule has 0 fully saturated rings. The van der Waals surface area contributed by atoms with E-state index < -0.39 is 11.6 Å². The molecule has 0 bridgehead atoms. The van der Waals surface area contributed by atoms with E-state index in [1.807, 2.05) is 24.3 Å². The zero-order valence-corrected chi connectivity index (χ0v) is 12.1. The molecular weight excluding hydrogens is 294 g/mol. The van der Waals surface area contributed by atoms with E-state index >= 15 is 0 Å². The maximum Gasteiger partial charge on any atom is 0.190 e. The van der Waals surface area contributed by atoms with Gasteiger partial charge in [0.1, 0.15) is 0 Å². The molecular formula is C15H12F2N2OS. The van der Waals surface area contributed by atoms with E-state index in [9.17, 15) is 8.78 Å². The standard InChI is InChI=1S/C15H12F2N2OS/c1-20-14-10(16)6-9(7-11(14)17)8-19-13-5-3-2-4-12(13)18-15(19)21/h2-7H,8H2,1H3,(H,18,21). The second-order valence-electron chi connectivity index (χ2n) is 4.58. The van der Waals surface area contributed by atoms with Crippen molar-refractivity contribution in [3.05, 3.63) is 53.6 Å². The summed E-state index contributed by atoms with van der Waals surface area (Å²) in [7, 11) is 1.23. The smallest absolute Gasteiger partial charge is 0.190 e. The minimum absolute atomic E-state index is 0.275. The van der Waals surface area contributed by atoms with Gasteiger partial charge in [-0.05, 0) is 29.8 Å². The van der Waals surface area contributed by atoms with Crippen LogP contribution in [0.5, 0.6) is 5.75 Å². The quantitative estimate of drug-likeness (QED) is 0.748. The number of aromatic nitrogens is 2. The Morgan fingerprint density at radius 3 is 2.52 bits per heavy atom. The molecule has 6 heteroatoms. The van der Waals surface area contributed by atoms with Gasteiger partial charge in [-0.1, -0.05) is 12.1 Å². The predicted molar refractivity (Wildman–Crippen MR) is 79.0 cm³/mol. The molecule has 0 saturated heterocycles. The van der Waals surface area contributed by atoms with Crippen LogP contribution in [0.15, 0.2) is 41.6 Å². The van der Waals surface area contributed by atoms with Crippen LogP contribution in [0.3, 0.4) is 0 Å². The first kappa shape index (κ1) is 13.9. The third-order valence-corrected chi connectivity index (χ3v) is 3.58. The van der Waals surface area contributed by atoms with Crippen LogP contribution in [0, 0.1) is 11.6 Å². The Balaban J connectivity index is 2.05. The van der Waals surface area contributed by atoms with Gasteiger partial charge in [-0.3, -0.25) is 0 Å². The zero-order valence-electron chi connectivity index (χ0n) is 11.2. The summed E-state index contributed by atoms with van der Waals surface area (Å²) in [6.45, 7) is 0.275. The van der Waals surface area contributed by atoms with Gasteiger partial charge in [-0.15, -0.1) is 12.6 Å². The fraction of sp³-hybridized carbons (Fsp3) is 0.133. The van der Waals surface area contributed by atoms with Crippen molar-refractivity contribution in [2.75, 3.05) is 7.11 Å². The molecule has 0 aliphatic rings. The highest BCUT2D eigenvalue weighted by atomic mass is 32.1. The highest BCUT2D eigenvalue weighted by Gasteiger charge is 2.14. The van der Waals surface area contributed by atoms with Gasteiger partial charge in [0.25, 0.3) is 0 Å². The summed E-state index contributed by atoms with van der Waals surface area (Å²) in [5.41, 5.74) is 2.13. The van der Waals surface area contributed by atoms with Gasteiger partial charge in [-0.25, -0.2) is 13.8 Å². The van der Waals surface area contributed by atoms with Gasteiger partial charge in [0, 0.05) is 0 Å². The number of para-hydroxylation sites is 2. The molecule has 0 atom stereocenters. The lowest BCUT2D eigenvalue weighted by molar-refractivity contribution is 0.359. The molecule has 0 spiro atoms. The second kappa shape index (κ2) is 5.37. The van der Waals surface area contributed by atoms with Crippen LogP contribution >= 0.6 is 12.6 Å². The summed E-state index contributed by atoms with van der Waals surface area (Å²) in [6, 6.07) is 10.0. The highest BCUT2D eigenvalue weighted by Crippen LogP contribution is 2.25. The molecule has 1 aromatic heterocycles. The van der Waals surface area contributed by atoms with Crippen LogP contribution in [0.25, 0.3) is 11.0 Å². The number of rotatable bonds is 3. The van der Waals surface area contributed by atoms with E-state index in [0.717, 1.165) is 11.0 Å². The minimum atomic E-state index is -0.724. The molecule has 3 rings (SSSR count). The minimum Gasteiger partial charge on any atom is -0.491 e. The van der Waals surface area contributed by atoms with Crippen molar-refractivity contribution in [3.63, 3.8) is 0 Å². The molecule has 0 aliphatic heterocycles. The third kappa shape index (κ3) is 2.47. The maximum absolute atomic E-state index is 13.7. The Morgan fingerprint density at radius 1 is 1.19 bits per heavy atom. The average molecular weight is 306 g/mol. The van der Waals surface area contributed by atoms with Crippen molar-refractivity contribution in [1.29, 1.82) is 0 Å². The Hall–Kier alpha value is -2.08. The number of hydrogen-bond acceptors (Lipinski definition) is 3. The predicted octanol–water partition coefficient (Wildman–Crippen LogP) is 3.66. The molecule has 2 aromatic carbocycles. The van der Waals surface area contributed by atoms with Crippen molar-refractivity contribution >= 4 is 23.7 Å². The lowest BCUT2D eigenvalue weighted by Gasteiger charge is -2.09. The van der Waals surface area contributed by atoms with E-state index in [-0.39, 0.29) is 12.3 Å². The van der Waals surface area contributed by atoms with Crippen LogP contribution in [-0.2, 0) is 6.54 Å². The van der Waals surface area contributed by atoms with Crippen LogP contribution < -0.4 is 4.74 Å². The van der Waals surface area contributed by atoms with Crippen molar-refractivity contribution in [2.24, 2.45) is 0 Å². The molecule has 0 unspecified atom stereocenters. The van der Waals surface area contributed by atoms with Gasteiger partial charge >= 0.3 is 0 Å². The number of methoxy groups -OCH3 is 1. The number of ether oxygens (including phenoxy) is 1. The highest BCUT2D eigenvalue weighted by molar-refractivity contribution is 7.80. The Labute approximate surface area is 125 Å². The number of nitrogens with zero attached hydrogens (tertiary/aromatic N) is 2. The molecule has 0 aliphatic carbocycles. The Morgan fingerprint density at radius 2 is 1.86 bits per heavy atom. The number of imidazole rings is 1. The summed E-state index contributed by atoms with van der Waals surface area (Å²) in [4.78, 5) is 4.30. The number of thiol groups is 1. The van der Waals surface area contributed by atoms with Crippen molar-refractivity contribution < 1.29 is 13.5 Å². The molecule has 1 heterocycles. The topological polar surface area (TPSA) is 27.1 Å². The van der Waals surface area contributed by atoms with Crippen LogP contribution in [-0.4, -0.2) is 16.7 Å². The lowest BCUT2D eigenvalue weighted by atomic mass is 10.2. The summed E-state index contributed by atoms with van der Waals surface area (Å²) in [5.74, 6) is -1.82. The summed E-state index contributed by atoms with van der Waals surface area (Å²) in [6.07, 6.45) is 0. The summed E-state index contributed by atoms with van der Waals surface area (Å²) >= 11 is 4.32. The van der Waals surface area contributed by atoms with E-state index in [4.69, 9.17) is 0 Å². The largest absolute Gasteiger partial charge is 0.491 e. The van der Waals surface area contributed by atoms with Gasteiger partial charge < -0.3 is 9.30 Å². The third-order valence-electron chi connectivity index (χ3n) is 3.24.